The van der Waals surface area contributed by atoms with E-state index in [4.69, 9.17) is 11.6 Å². The van der Waals surface area contributed by atoms with Gasteiger partial charge in [-0.05, 0) is 19.8 Å². The maximum absolute atomic E-state index is 13.1. The van der Waals surface area contributed by atoms with Gasteiger partial charge in [0.2, 0.25) is 0 Å². The number of hydrogen-bond acceptors (Lipinski definition) is 4. The Morgan fingerprint density at radius 3 is 2.92 bits per heavy atom. The average Bonchev–Trinajstić information content (AvgIpc) is 3.21. The van der Waals surface area contributed by atoms with Crippen LogP contribution in [0.25, 0.3) is 5.65 Å². The molecule has 7 nitrogen and oxygen atoms in total. The fourth-order valence-electron chi connectivity index (χ4n) is 4.24. The second-order valence-corrected chi connectivity index (χ2v) is 7.29. The second-order valence-electron chi connectivity index (χ2n) is 6.88. The maximum Gasteiger partial charge on any atom is 0.276 e. The number of halogens is 1. The van der Waals surface area contributed by atoms with E-state index in [1.54, 1.807) is 17.9 Å². The summed E-state index contributed by atoms with van der Waals surface area (Å²) in [4.78, 5) is 19.6. The number of fused-ring (bicyclic) bond motifs is 6. The predicted molar refractivity (Wildman–Crippen MR) is 91.6 cm³/mol. The first-order chi connectivity index (χ1) is 12.0. The molecule has 5 heterocycles. The molecule has 25 heavy (non-hydrogen) atoms. The summed E-state index contributed by atoms with van der Waals surface area (Å²) in [5, 5.41) is 9.23. The lowest BCUT2D eigenvalue weighted by molar-refractivity contribution is 0.0636. The molecule has 2 aliphatic rings. The van der Waals surface area contributed by atoms with Crippen molar-refractivity contribution in [3.05, 3.63) is 46.1 Å². The normalized spacial score (nSPS) is 21.8. The van der Waals surface area contributed by atoms with Crippen LogP contribution in [0, 0.1) is 6.92 Å². The molecule has 3 aromatic heterocycles. The van der Waals surface area contributed by atoms with Crippen LogP contribution in [0.15, 0.2) is 18.5 Å². The van der Waals surface area contributed by atoms with Crippen LogP contribution in [0.4, 0.5) is 0 Å². The standard InChI is InChI=1S/C17H17ClN6O/c1-9-5-15-19-7-11-13-4-3-10(6-14(11)24(15)20-9)23(13)17(25)16-12(18)8-22(2)21-16/h5,7-8,10,13H,3-4,6H2,1-2H3/t10-,13+/m1/s1. The van der Waals surface area contributed by atoms with E-state index in [-0.39, 0.29) is 18.0 Å². The van der Waals surface area contributed by atoms with Crippen molar-refractivity contribution >= 4 is 23.2 Å². The van der Waals surface area contributed by atoms with E-state index < -0.39 is 0 Å². The zero-order chi connectivity index (χ0) is 17.3. The van der Waals surface area contributed by atoms with Crippen LogP contribution in [0.1, 0.15) is 46.3 Å². The number of carbonyl (C=O) groups excluding carboxylic acids is 1. The third kappa shape index (κ3) is 2.05. The minimum atomic E-state index is -0.0968. The fraction of sp³-hybridized carbons (Fsp3) is 0.412. The molecule has 0 aliphatic carbocycles. The highest BCUT2D eigenvalue weighted by Crippen LogP contribution is 2.44. The van der Waals surface area contributed by atoms with Crippen LogP contribution in [0.3, 0.4) is 0 Å². The van der Waals surface area contributed by atoms with Crippen molar-refractivity contribution in [3.63, 3.8) is 0 Å². The van der Waals surface area contributed by atoms with Crippen molar-refractivity contribution in [2.75, 3.05) is 0 Å². The molecule has 128 valence electrons. The van der Waals surface area contributed by atoms with Crippen molar-refractivity contribution in [1.82, 2.24) is 29.3 Å². The van der Waals surface area contributed by atoms with E-state index in [1.807, 2.05) is 28.6 Å². The lowest BCUT2D eigenvalue weighted by atomic mass is 9.98. The number of carbonyl (C=O) groups is 1. The van der Waals surface area contributed by atoms with Crippen molar-refractivity contribution < 1.29 is 4.79 Å². The van der Waals surface area contributed by atoms with Crippen molar-refractivity contribution in [3.8, 4) is 0 Å². The topological polar surface area (TPSA) is 68.3 Å². The molecular formula is C17H17ClN6O. The molecule has 0 radical (unpaired) electrons. The third-order valence-electron chi connectivity index (χ3n) is 5.25. The minimum absolute atomic E-state index is 0.0146. The lowest BCUT2D eigenvalue weighted by Crippen LogP contribution is -2.43. The summed E-state index contributed by atoms with van der Waals surface area (Å²) in [5.41, 5.74) is 4.40. The molecule has 0 saturated carbocycles. The maximum atomic E-state index is 13.1. The highest BCUT2D eigenvalue weighted by Gasteiger charge is 2.45. The van der Waals surface area contributed by atoms with Crippen LogP contribution in [-0.2, 0) is 13.5 Å². The highest BCUT2D eigenvalue weighted by atomic mass is 35.5. The van der Waals surface area contributed by atoms with E-state index in [2.05, 4.69) is 15.2 Å². The molecule has 8 heteroatoms. The summed E-state index contributed by atoms with van der Waals surface area (Å²) in [6, 6.07) is 2.15. The van der Waals surface area contributed by atoms with Crippen LogP contribution in [0.2, 0.25) is 5.02 Å². The van der Waals surface area contributed by atoms with Gasteiger partial charge in [-0.3, -0.25) is 9.48 Å². The molecule has 3 aromatic rings. The largest absolute Gasteiger partial charge is 0.327 e. The Morgan fingerprint density at radius 2 is 2.16 bits per heavy atom. The number of amides is 1. The molecule has 1 fully saturated rings. The first-order valence-corrected chi connectivity index (χ1v) is 8.76. The molecule has 0 unspecified atom stereocenters. The van der Waals surface area contributed by atoms with E-state index in [1.165, 1.54) is 5.69 Å². The van der Waals surface area contributed by atoms with Gasteiger partial charge in [0.1, 0.15) is 0 Å². The van der Waals surface area contributed by atoms with E-state index >= 15 is 0 Å². The van der Waals surface area contributed by atoms with E-state index in [0.717, 1.165) is 36.2 Å². The second kappa shape index (κ2) is 5.05. The number of aromatic nitrogens is 5. The Balaban J connectivity index is 1.60. The zero-order valence-electron chi connectivity index (χ0n) is 14.0. The zero-order valence-corrected chi connectivity index (χ0v) is 14.7. The van der Waals surface area contributed by atoms with Crippen LogP contribution < -0.4 is 0 Å². The van der Waals surface area contributed by atoms with Gasteiger partial charge in [-0.1, -0.05) is 11.6 Å². The number of rotatable bonds is 1. The SMILES string of the molecule is Cc1cc2ncc3c(n2n1)C[C@H]1CC[C@@H]3N1C(=O)c1nn(C)cc1Cl. The molecule has 5 rings (SSSR count). The minimum Gasteiger partial charge on any atom is -0.327 e. The van der Waals surface area contributed by atoms with Gasteiger partial charge in [0, 0.05) is 43.5 Å². The van der Waals surface area contributed by atoms with Crippen LogP contribution in [-0.4, -0.2) is 41.2 Å². The Hall–Kier alpha value is -2.41. The number of hydrogen-bond donors (Lipinski definition) is 0. The molecule has 2 atom stereocenters. The first-order valence-electron chi connectivity index (χ1n) is 8.39. The van der Waals surface area contributed by atoms with Crippen molar-refractivity contribution in [2.45, 2.75) is 38.3 Å². The Labute approximate surface area is 149 Å². The molecule has 2 bridgehead atoms. The summed E-state index contributed by atoms with van der Waals surface area (Å²) < 4.78 is 3.51. The Morgan fingerprint density at radius 1 is 1.32 bits per heavy atom. The summed E-state index contributed by atoms with van der Waals surface area (Å²) in [7, 11) is 1.77. The van der Waals surface area contributed by atoms with E-state index in [9.17, 15) is 4.79 Å². The van der Waals surface area contributed by atoms with Gasteiger partial charge in [-0.2, -0.15) is 10.2 Å². The van der Waals surface area contributed by atoms with Gasteiger partial charge < -0.3 is 4.90 Å². The Bertz CT molecular complexity index is 1020. The fourth-order valence-corrected chi connectivity index (χ4v) is 4.50. The van der Waals surface area contributed by atoms with Gasteiger partial charge >= 0.3 is 0 Å². The quantitative estimate of drug-likeness (QED) is 0.671. The molecule has 0 aromatic carbocycles. The van der Waals surface area contributed by atoms with Crippen molar-refractivity contribution in [2.24, 2.45) is 7.05 Å². The molecule has 2 aliphatic heterocycles. The number of nitrogens with zero attached hydrogens (tertiary/aromatic N) is 6. The summed E-state index contributed by atoms with van der Waals surface area (Å²) in [5.74, 6) is -0.0968. The molecule has 1 saturated heterocycles. The summed E-state index contributed by atoms with van der Waals surface area (Å²) in [6.45, 7) is 1.97. The smallest absolute Gasteiger partial charge is 0.276 e. The van der Waals surface area contributed by atoms with Crippen molar-refractivity contribution in [1.29, 1.82) is 0 Å². The number of aryl methyl sites for hydroxylation is 2. The van der Waals surface area contributed by atoms with Gasteiger partial charge in [-0.25, -0.2) is 9.50 Å². The lowest BCUT2D eigenvalue weighted by Gasteiger charge is -2.35. The average molecular weight is 357 g/mol. The Kier molecular flexibility index (Phi) is 3.01. The summed E-state index contributed by atoms with van der Waals surface area (Å²) >= 11 is 6.20. The summed E-state index contributed by atoms with van der Waals surface area (Å²) in [6.07, 6.45) is 6.24. The van der Waals surface area contributed by atoms with Crippen LogP contribution >= 0.6 is 11.6 Å². The molecule has 1 amide bonds. The molecular weight excluding hydrogens is 340 g/mol. The first kappa shape index (κ1) is 14.9. The molecule has 0 spiro atoms. The molecule has 0 N–H and O–H groups in total. The predicted octanol–water partition coefficient (Wildman–Crippen LogP) is 2.33. The van der Waals surface area contributed by atoms with Gasteiger partial charge in [0.15, 0.2) is 11.3 Å². The van der Waals surface area contributed by atoms with Crippen LogP contribution in [0.5, 0.6) is 0 Å². The van der Waals surface area contributed by atoms with Gasteiger partial charge in [0.25, 0.3) is 5.91 Å². The monoisotopic (exact) mass is 356 g/mol. The van der Waals surface area contributed by atoms with E-state index in [0.29, 0.717) is 10.7 Å². The van der Waals surface area contributed by atoms with Gasteiger partial charge in [0.05, 0.1) is 22.5 Å². The third-order valence-corrected chi connectivity index (χ3v) is 5.53. The highest BCUT2D eigenvalue weighted by molar-refractivity contribution is 6.33. The van der Waals surface area contributed by atoms with Gasteiger partial charge in [-0.15, -0.1) is 0 Å².